The molecule has 1 aliphatic heterocycles. The summed E-state index contributed by atoms with van der Waals surface area (Å²) in [5.74, 6) is -1.21. The van der Waals surface area contributed by atoms with Gasteiger partial charge in [0, 0.05) is 39.1 Å². The third kappa shape index (κ3) is 6.07. The molecule has 0 bridgehead atoms. The molecular formula is C22H30F3N3O4S. The van der Waals surface area contributed by atoms with Crippen LogP contribution in [0.15, 0.2) is 35.9 Å². The van der Waals surface area contributed by atoms with Crippen LogP contribution in [0.25, 0.3) is 0 Å². The van der Waals surface area contributed by atoms with E-state index in [0.717, 1.165) is 31.7 Å². The quantitative estimate of drug-likeness (QED) is 0.593. The van der Waals surface area contributed by atoms with Gasteiger partial charge >= 0.3 is 6.36 Å². The van der Waals surface area contributed by atoms with Crippen molar-refractivity contribution in [1.82, 2.24) is 13.9 Å². The first-order valence-corrected chi connectivity index (χ1v) is 12.3. The summed E-state index contributed by atoms with van der Waals surface area (Å²) in [6.45, 7) is 0.830. The van der Waals surface area contributed by atoms with Crippen molar-refractivity contribution in [3.63, 3.8) is 0 Å². The molecule has 2 aliphatic rings. The summed E-state index contributed by atoms with van der Waals surface area (Å²) in [7, 11) is -0.566. The van der Waals surface area contributed by atoms with Gasteiger partial charge in [-0.2, -0.15) is 17.0 Å². The number of benzene rings is 1. The Morgan fingerprint density at radius 3 is 2.42 bits per heavy atom. The Kier molecular flexibility index (Phi) is 7.75. The Balaban J connectivity index is 1.78. The second kappa shape index (κ2) is 10.0. The number of alkyl halides is 3. The lowest BCUT2D eigenvalue weighted by atomic mass is 9.69. The van der Waals surface area contributed by atoms with Crippen molar-refractivity contribution in [3.8, 4) is 5.75 Å². The molecule has 0 atom stereocenters. The molecule has 1 saturated heterocycles. The van der Waals surface area contributed by atoms with Crippen molar-refractivity contribution in [2.75, 3.05) is 33.7 Å². The fourth-order valence-corrected chi connectivity index (χ4v) is 5.63. The second-order valence-corrected chi connectivity index (χ2v) is 10.8. The van der Waals surface area contributed by atoms with E-state index in [1.807, 2.05) is 0 Å². The van der Waals surface area contributed by atoms with Crippen LogP contribution in [0, 0.1) is 5.41 Å². The zero-order valence-corrected chi connectivity index (χ0v) is 19.6. The van der Waals surface area contributed by atoms with Crippen molar-refractivity contribution >= 4 is 16.1 Å². The number of piperidine rings is 1. The van der Waals surface area contributed by atoms with Gasteiger partial charge in [0.25, 0.3) is 16.1 Å². The highest BCUT2D eigenvalue weighted by Gasteiger charge is 2.41. The number of rotatable bonds is 7. The van der Waals surface area contributed by atoms with E-state index in [4.69, 9.17) is 0 Å². The number of allylic oxidation sites excluding steroid dienone is 1. The summed E-state index contributed by atoms with van der Waals surface area (Å²) < 4.78 is 69.9. The number of hydrogen-bond acceptors (Lipinski definition) is 4. The van der Waals surface area contributed by atoms with Crippen LogP contribution in [0.5, 0.6) is 5.75 Å². The predicted molar refractivity (Wildman–Crippen MR) is 118 cm³/mol. The first kappa shape index (κ1) is 25.5. The van der Waals surface area contributed by atoms with Crippen LogP contribution in [0.1, 0.15) is 48.9 Å². The molecular weight excluding hydrogens is 459 g/mol. The maximum Gasteiger partial charge on any atom is 0.573 e. The number of amides is 1. The molecule has 1 N–H and O–H groups in total. The predicted octanol–water partition coefficient (Wildman–Crippen LogP) is 3.70. The van der Waals surface area contributed by atoms with E-state index in [0.29, 0.717) is 25.9 Å². The van der Waals surface area contributed by atoms with Gasteiger partial charge in [0.15, 0.2) is 0 Å². The zero-order valence-electron chi connectivity index (χ0n) is 18.8. The van der Waals surface area contributed by atoms with Crippen molar-refractivity contribution < 1.29 is 31.1 Å². The zero-order chi connectivity index (χ0) is 24.3. The van der Waals surface area contributed by atoms with Gasteiger partial charge in [-0.3, -0.25) is 4.79 Å². The molecule has 1 amide bonds. The Bertz CT molecular complexity index is 985. The maximum absolute atomic E-state index is 12.8. The molecule has 0 saturated carbocycles. The van der Waals surface area contributed by atoms with Crippen LogP contribution in [-0.4, -0.2) is 63.0 Å². The summed E-state index contributed by atoms with van der Waals surface area (Å²) >= 11 is 0. The molecule has 1 heterocycles. The third-order valence-electron chi connectivity index (χ3n) is 6.38. The van der Waals surface area contributed by atoms with Gasteiger partial charge in [0.1, 0.15) is 5.75 Å². The Hall–Kier alpha value is -2.11. The largest absolute Gasteiger partial charge is 0.573 e. The van der Waals surface area contributed by atoms with E-state index in [1.54, 1.807) is 0 Å². The lowest BCUT2D eigenvalue weighted by molar-refractivity contribution is -0.274. The SMILES string of the molecule is CN(C)S(=O)(=O)N1CCC(CNC(=O)c2ccccc2OC(F)(F)F)(C2=CCCCC2)CC1. The fourth-order valence-electron chi connectivity index (χ4n) is 4.52. The Morgan fingerprint density at radius 1 is 1.18 bits per heavy atom. The van der Waals surface area contributed by atoms with Crippen LogP contribution in [0.3, 0.4) is 0 Å². The van der Waals surface area contributed by atoms with Crippen LogP contribution >= 0.6 is 0 Å². The maximum atomic E-state index is 12.8. The van der Waals surface area contributed by atoms with Gasteiger partial charge < -0.3 is 10.1 Å². The van der Waals surface area contributed by atoms with Crippen LogP contribution in [-0.2, 0) is 10.2 Å². The van der Waals surface area contributed by atoms with E-state index < -0.39 is 33.6 Å². The van der Waals surface area contributed by atoms with Gasteiger partial charge in [-0.15, -0.1) is 13.2 Å². The second-order valence-electron chi connectivity index (χ2n) is 8.67. The highest BCUT2D eigenvalue weighted by molar-refractivity contribution is 7.86. The summed E-state index contributed by atoms with van der Waals surface area (Å²) in [4.78, 5) is 12.8. The van der Waals surface area contributed by atoms with Gasteiger partial charge in [0.2, 0.25) is 0 Å². The molecule has 7 nitrogen and oxygen atoms in total. The first-order valence-electron chi connectivity index (χ1n) is 10.9. The average Bonchev–Trinajstić information content (AvgIpc) is 2.77. The third-order valence-corrected chi connectivity index (χ3v) is 8.32. The van der Waals surface area contributed by atoms with Crippen molar-refractivity contribution in [2.24, 2.45) is 5.41 Å². The number of carbonyl (C=O) groups excluding carboxylic acids is 1. The smallest absolute Gasteiger partial charge is 0.405 e. The minimum absolute atomic E-state index is 0.199. The van der Waals surface area contributed by atoms with Gasteiger partial charge in [-0.1, -0.05) is 23.8 Å². The molecule has 1 aliphatic carbocycles. The minimum Gasteiger partial charge on any atom is -0.405 e. The normalized spacial score (nSPS) is 19.8. The number of ether oxygens (including phenoxy) is 1. The Morgan fingerprint density at radius 2 is 1.85 bits per heavy atom. The number of nitrogens with zero attached hydrogens (tertiary/aromatic N) is 2. The monoisotopic (exact) mass is 489 g/mol. The standard InChI is InChI=1S/C22H30F3N3O4S/c1-27(2)33(30,31)28-14-12-21(13-15-28,17-8-4-3-5-9-17)16-26-20(29)18-10-6-7-11-19(18)32-22(23,24)25/h6-8,10-11H,3-5,9,12-16H2,1-2H3,(H,26,29). The van der Waals surface area contributed by atoms with Crippen LogP contribution in [0.4, 0.5) is 13.2 Å². The van der Waals surface area contributed by atoms with E-state index in [9.17, 15) is 26.4 Å². The molecule has 1 aromatic rings. The van der Waals surface area contributed by atoms with Gasteiger partial charge in [0.05, 0.1) is 5.56 Å². The van der Waals surface area contributed by atoms with Gasteiger partial charge in [-0.05, 0) is 50.7 Å². The summed E-state index contributed by atoms with van der Waals surface area (Å²) in [5.41, 5.74) is 0.555. The molecule has 0 radical (unpaired) electrons. The van der Waals surface area contributed by atoms with Crippen LogP contribution < -0.4 is 10.1 Å². The van der Waals surface area contributed by atoms with E-state index >= 15 is 0 Å². The molecule has 3 rings (SSSR count). The average molecular weight is 490 g/mol. The van der Waals surface area contributed by atoms with Crippen molar-refractivity contribution in [3.05, 3.63) is 41.5 Å². The van der Waals surface area contributed by atoms with Crippen molar-refractivity contribution in [1.29, 1.82) is 0 Å². The first-order chi connectivity index (χ1) is 15.4. The van der Waals surface area contributed by atoms with Gasteiger partial charge in [-0.25, -0.2) is 0 Å². The Labute approximate surface area is 192 Å². The molecule has 11 heteroatoms. The number of nitrogens with one attached hydrogen (secondary N) is 1. The molecule has 1 fully saturated rings. The van der Waals surface area contributed by atoms with Crippen LogP contribution in [0.2, 0.25) is 0 Å². The number of hydrogen-bond donors (Lipinski definition) is 1. The molecule has 184 valence electrons. The number of carbonyl (C=O) groups is 1. The fraction of sp³-hybridized carbons (Fsp3) is 0.591. The minimum atomic E-state index is -4.91. The summed E-state index contributed by atoms with van der Waals surface area (Å²) in [6.07, 6.45) is 2.19. The number of halogens is 3. The topological polar surface area (TPSA) is 79.0 Å². The van der Waals surface area contributed by atoms with E-state index in [-0.39, 0.29) is 12.1 Å². The summed E-state index contributed by atoms with van der Waals surface area (Å²) in [5, 5.41) is 2.80. The lowest BCUT2D eigenvalue weighted by Gasteiger charge is -2.44. The van der Waals surface area contributed by atoms with Crippen molar-refractivity contribution in [2.45, 2.75) is 44.9 Å². The molecule has 0 unspecified atom stereocenters. The van der Waals surface area contributed by atoms with E-state index in [2.05, 4.69) is 16.1 Å². The molecule has 1 aromatic carbocycles. The highest BCUT2D eigenvalue weighted by atomic mass is 32.2. The van der Waals surface area contributed by atoms with E-state index in [1.165, 1.54) is 46.5 Å². The highest BCUT2D eigenvalue weighted by Crippen LogP contribution is 2.43. The molecule has 0 aromatic heterocycles. The lowest BCUT2D eigenvalue weighted by Crippen LogP contribution is -2.51. The molecule has 33 heavy (non-hydrogen) atoms. The summed E-state index contributed by atoms with van der Waals surface area (Å²) in [6, 6.07) is 5.23. The number of para-hydroxylation sites is 1. The molecule has 0 spiro atoms.